The third-order valence-corrected chi connectivity index (χ3v) is 5.86. The number of rotatable bonds is 9. The number of nitrogens with one attached hydrogen (secondary N) is 1. The number of carbonyl (C=O) groups excluding carboxylic acids is 2. The quantitative estimate of drug-likeness (QED) is 0.241. The Morgan fingerprint density at radius 3 is 2.51 bits per heavy atom. The van der Waals surface area contributed by atoms with Gasteiger partial charge in [-0.15, -0.1) is 0 Å². The van der Waals surface area contributed by atoms with Crippen LogP contribution < -0.4 is 14.9 Å². The van der Waals surface area contributed by atoms with Crippen molar-refractivity contribution in [1.82, 2.24) is 20.3 Å². The summed E-state index contributed by atoms with van der Waals surface area (Å²) in [6, 6.07) is 7.05. The summed E-state index contributed by atoms with van der Waals surface area (Å²) in [6.07, 6.45) is 1.49. The third-order valence-electron chi connectivity index (χ3n) is 5.01. The van der Waals surface area contributed by atoms with Crippen LogP contribution in [0.5, 0.6) is 11.5 Å². The van der Waals surface area contributed by atoms with Crippen molar-refractivity contribution in [2.45, 2.75) is 45.1 Å². The lowest BCUT2D eigenvalue weighted by atomic mass is 10.2. The normalized spacial score (nSPS) is 17.9. The van der Waals surface area contributed by atoms with Gasteiger partial charge in [0.25, 0.3) is 11.8 Å². The zero-order chi connectivity index (χ0) is 25.4. The number of methoxy groups -OCH3 is 1. The molecule has 3 rings (SSSR count). The Morgan fingerprint density at radius 2 is 1.86 bits per heavy atom. The molecule has 1 aliphatic rings. The van der Waals surface area contributed by atoms with Crippen LogP contribution in [0, 0.1) is 13.8 Å². The van der Waals surface area contributed by atoms with Crippen LogP contribution in [-0.4, -0.2) is 77.7 Å². The highest BCUT2D eigenvalue weighted by Gasteiger charge is 2.26. The van der Waals surface area contributed by atoms with E-state index in [9.17, 15) is 9.59 Å². The zero-order valence-corrected chi connectivity index (χ0v) is 21.4. The number of carbonyl (C=O) groups is 2. The highest BCUT2D eigenvalue weighted by Crippen LogP contribution is 2.27. The van der Waals surface area contributed by atoms with Crippen LogP contribution in [0.1, 0.15) is 30.8 Å². The zero-order valence-electron chi connectivity index (χ0n) is 20.6. The molecule has 0 radical (unpaired) electrons. The first-order valence-electron chi connectivity index (χ1n) is 11.2. The van der Waals surface area contributed by atoms with Crippen molar-refractivity contribution in [1.29, 1.82) is 0 Å². The van der Waals surface area contributed by atoms with Gasteiger partial charge in [0.2, 0.25) is 0 Å². The second kappa shape index (κ2) is 12.5. The number of amides is 2. The van der Waals surface area contributed by atoms with E-state index in [2.05, 4.69) is 20.5 Å². The minimum Gasteiger partial charge on any atom is -0.493 e. The number of morpholine rings is 1. The Balaban J connectivity index is 1.50. The maximum absolute atomic E-state index is 12.5. The van der Waals surface area contributed by atoms with Gasteiger partial charge in [-0.3, -0.25) is 9.59 Å². The van der Waals surface area contributed by atoms with E-state index < -0.39 is 0 Å². The van der Waals surface area contributed by atoms with Gasteiger partial charge in [0.1, 0.15) is 0 Å². The number of benzene rings is 1. The third kappa shape index (κ3) is 8.22. The van der Waals surface area contributed by atoms with Crippen LogP contribution in [-0.2, 0) is 14.3 Å². The molecule has 1 saturated heterocycles. The van der Waals surface area contributed by atoms with Crippen molar-refractivity contribution >= 4 is 29.8 Å². The van der Waals surface area contributed by atoms with Crippen molar-refractivity contribution in [3.8, 4) is 11.5 Å². The maximum atomic E-state index is 12.5. The van der Waals surface area contributed by atoms with Crippen LogP contribution in [0.4, 0.5) is 0 Å². The van der Waals surface area contributed by atoms with Crippen molar-refractivity contribution < 1.29 is 23.8 Å². The molecular formula is C24H31N5O5S. The summed E-state index contributed by atoms with van der Waals surface area (Å²) >= 11 is 1.25. The molecule has 1 aromatic heterocycles. The molecular weight excluding hydrogens is 470 g/mol. The molecule has 35 heavy (non-hydrogen) atoms. The average Bonchev–Trinajstić information content (AvgIpc) is 2.80. The van der Waals surface area contributed by atoms with Gasteiger partial charge in [-0.1, -0.05) is 11.8 Å². The molecule has 0 saturated carbocycles. The topological polar surface area (TPSA) is 115 Å². The summed E-state index contributed by atoms with van der Waals surface area (Å²) in [6.45, 7) is 8.65. The van der Waals surface area contributed by atoms with Gasteiger partial charge in [0.15, 0.2) is 23.3 Å². The number of aryl methyl sites for hydroxylation is 2. The predicted octanol–water partition coefficient (Wildman–Crippen LogP) is 2.36. The number of hydrogen-bond donors (Lipinski definition) is 1. The second-order valence-corrected chi connectivity index (χ2v) is 9.21. The van der Waals surface area contributed by atoms with E-state index in [1.54, 1.807) is 23.1 Å². The fourth-order valence-electron chi connectivity index (χ4n) is 3.60. The maximum Gasteiger partial charge on any atom is 0.260 e. The number of hydrogen-bond acceptors (Lipinski definition) is 9. The fourth-order valence-corrected chi connectivity index (χ4v) is 4.34. The number of aromatic nitrogens is 2. The molecule has 1 fully saturated rings. The van der Waals surface area contributed by atoms with E-state index in [1.807, 2.05) is 33.8 Å². The van der Waals surface area contributed by atoms with Crippen LogP contribution in [0.3, 0.4) is 0 Å². The van der Waals surface area contributed by atoms with Crippen LogP contribution in [0.25, 0.3) is 0 Å². The molecule has 1 aromatic carbocycles. The fraction of sp³-hybridized carbons (Fsp3) is 0.458. The summed E-state index contributed by atoms with van der Waals surface area (Å²) in [4.78, 5) is 35.0. The minimum absolute atomic E-state index is 0.00467. The molecule has 0 spiro atoms. The van der Waals surface area contributed by atoms with Crippen molar-refractivity contribution in [2.24, 2.45) is 5.10 Å². The van der Waals surface area contributed by atoms with Gasteiger partial charge in [0, 0.05) is 24.5 Å². The van der Waals surface area contributed by atoms with Crippen LogP contribution in [0.2, 0.25) is 0 Å². The van der Waals surface area contributed by atoms with Gasteiger partial charge in [-0.05, 0) is 57.5 Å². The average molecular weight is 502 g/mol. The van der Waals surface area contributed by atoms with Crippen molar-refractivity contribution in [3.63, 3.8) is 0 Å². The number of hydrazone groups is 1. The first-order valence-corrected chi connectivity index (χ1v) is 12.2. The Labute approximate surface area is 209 Å². The Morgan fingerprint density at radius 1 is 1.17 bits per heavy atom. The molecule has 11 heteroatoms. The van der Waals surface area contributed by atoms with Crippen molar-refractivity contribution in [2.75, 3.05) is 32.6 Å². The second-order valence-electron chi connectivity index (χ2n) is 8.27. The van der Waals surface area contributed by atoms with Gasteiger partial charge < -0.3 is 19.1 Å². The molecule has 2 heterocycles. The molecule has 2 amide bonds. The summed E-state index contributed by atoms with van der Waals surface area (Å²) in [5, 5.41) is 4.55. The smallest absolute Gasteiger partial charge is 0.260 e. The summed E-state index contributed by atoms with van der Waals surface area (Å²) in [5.74, 6) is 0.670. The molecule has 188 valence electrons. The molecule has 2 atom stereocenters. The van der Waals surface area contributed by atoms with Gasteiger partial charge in [-0.2, -0.15) is 5.10 Å². The summed E-state index contributed by atoms with van der Waals surface area (Å²) < 4.78 is 16.8. The lowest BCUT2D eigenvalue weighted by Gasteiger charge is -2.35. The van der Waals surface area contributed by atoms with Crippen molar-refractivity contribution in [3.05, 3.63) is 41.2 Å². The molecule has 1 aliphatic heterocycles. The predicted molar refractivity (Wildman–Crippen MR) is 133 cm³/mol. The largest absolute Gasteiger partial charge is 0.493 e. The van der Waals surface area contributed by atoms with E-state index in [1.165, 1.54) is 25.1 Å². The summed E-state index contributed by atoms with van der Waals surface area (Å²) in [7, 11) is 1.52. The molecule has 1 N–H and O–H groups in total. The Hall–Kier alpha value is -3.18. The summed E-state index contributed by atoms with van der Waals surface area (Å²) in [5.41, 5.74) is 4.90. The van der Waals surface area contributed by atoms with Crippen LogP contribution in [0.15, 0.2) is 34.5 Å². The number of thioether (sulfide) groups is 1. The van der Waals surface area contributed by atoms with Gasteiger partial charge in [-0.25, -0.2) is 15.4 Å². The first kappa shape index (κ1) is 26.4. The molecule has 2 aromatic rings. The van der Waals surface area contributed by atoms with E-state index in [4.69, 9.17) is 14.2 Å². The molecule has 10 nitrogen and oxygen atoms in total. The van der Waals surface area contributed by atoms with E-state index >= 15 is 0 Å². The van der Waals surface area contributed by atoms with Gasteiger partial charge in [0.05, 0.1) is 31.3 Å². The number of nitrogens with zero attached hydrogens (tertiary/aromatic N) is 4. The lowest BCUT2D eigenvalue weighted by Crippen LogP contribution is -2.49. The van der Waals surface area contributed by atoms with Gasteiger partial charge >= 0.3 is 0 Å². The highest BCUT2D eigenvalue weighted by atomic mass is 32.2. The lowest BCUT2D eigenvalue weighted by molar-refractivity contribution is -0.145. The highest BCUT2D eigenvalue weighted by molar-refractivity contribution is 7.99. The minimum atomic E-state index is -0.272. The SMILES string of the molecule is COc1cc(C=NNC(=O)CSc2nc(C)cc(C)n2)ccc1OCC(=O)N1CC(C)OC(C)C1. The monoisotopic (exact) mass is 501 g/mol. The van der Waals surface area contributed by atoms with Crippen LogP contribution >= 0.6 is 11.8 Å². The van der Waals surface area contributed by atoms with E-state index in [-0.39, 0.29) is 36.4 Å². The number of ether oxygens (including phenoxy) is 3. The standard InChI is InChI=1S/C24H31N5O5S/c1-15-8-16(2)27-24(26-15)35-14-22(30)28-25-10-19-6-7-20(21(9-19)32-5)33-13-23(31)29-11-17(3)34-18(4)12-29/h6-10,17-18H,11-14H2,1-5H3,(H,28,30). The Bertz CT molecular complexity index is 1050. The first-order chi connectivity index (χ1) is 16.7. The van der Waals surface area contributed by atoms with E-state index in [0.29, 0.717) is 35.3 Å². The van der Waals surface area contributed by atoms with E-state index in [0.717, 1.165) is 11.4 Å². The molecule has 0 aliphatic carbocycles. The Kier molecular flexibility index (Phi) is 9.44. The molecule has 0 bridgehead atoms. The molecule has 2 unspecified atom stereocenters.